The fraction of sp³-hybridized carbons (Fsp3) is 0.0200. The van der Waals surface area contributed by atoms with Crippen LogP contribution in [-0.4, -0.2) is 9.13 Å². The zero-order chi connectivity index (χ0) is 36.4. The van der Waals surface area contributed by atoms with Crippen LogP contribution in [-0.2, 0) is 0 Å². The van der Waals surface area contributed by atoms with Gasteiger partial charge in [-0.05, 0) is 84.8 Å². The average molecular weight is 704 g/mol. The second-order valence-corrected chi connectivity index (χ2v) is 14.4. The second-order valence-electron chi connectivity index (χ2n) is 14.4. The molecule has 12 rings (SSSR count). The summed E-state index contributed by atoms with van der Waals surface area (Å²) in [7, 11) is 0. The van der Waals surface area contributed by atoms with Crippen LogP contribution in [0.4, 0.5) is 5.69 Å². The highest BCUT2D eigenvalue weighted by Gasteiger charge is 2.22. The van der Waals surface area contributed by atoms with Gasteiger partial charge in [-0.2, -0.15) is 0 Å². The van der Waals surface area contributed by atoms with Gasteiger partial charge in [-0.1, -0.05) is 96.6 Å². The summed E-state index contributed by atoms with van der Waals surface area (Å²) in [6.45, 7) is 10.5. The van der Waals surface area contributed by atoms with Crippen molar-refractivity contribution in [3.63, 3.8) is 0 Å². The van der Waals surface area contributed by atoms with Crippen molar-refractivity contribution in [1.82, 2.24) is 9.13 Å². The van der Waals surface area contributed by atoms with Crippen molar-refractivity contribution in [1.29, 1.82) is 0 Å². The molecule has 256 valence electrons. The van der Waals surface area contributed by atoms with Crippen molar-refractivity contribution in [3.8, 4) is 22.5 Å². The molecule has 0 fully saturated rings. The fourth-order valence-electron chi connectivity index (χ4n) is 9.01. The number of benzene rings is 8. The number of rotatable bonds is 3. The van der Waals surface area contributed by atoms with Gasteiger partial charge < -0.3 is 18.0 Å². The van der Waals surface area contributed by atoms with E-state index in [1.54, 1.807) is 0 Å². The Labute approximate surface area is 314 Å². The molecule has 0 radical (unpaired) electrons. The second kappa shape index (κ2) is 11.0. The zero-order valence-corrected chi connectivity index (χ0v) is 29.7. The summed E-state index contributed by atoms with van der Waals surface area (Å²) in [5.74, 6) is 0. The Hall–Kier alpha value is -7.55. The van der Waals surface area contributed by atoms with E-state index >= 15 is 0 Å². The van der Waals surface area contributed by atoms with Crippen molar-refractivity contribution in [3.05, 3.63) is 175 Å². The first-order chi connectivity index (χ1) is 27.1. The molecule has 0 unspecified atom stereocenters. The first-order valence-corrected chi connectivity index (χ1v) is 18.5. The molecule has 0 aliphatic carbocycles. The maximum Gasteiger partial charge on any atom is 0.211 e. The molecule has 4 heterocycles. The van der Waals surface area contributed by atoms with E-state index in [1.165, 1.54) is 16.3 Å². The molecule has 0 N–H and O–H groups in total. The molecule has 5 heteroatoms. The fourth-order valence-corrected chi connectivity index (χ4v) is 9.01. The highest BCUT2D eigenvalue weighted by atomic mass is 16.3. The number of hydrogen-bond acceptors (Lipinski definition) is 2. The Morgan fingerprint density at radius 2 is 1.16 bits per heavy atom. The van der Waals surface area contributed by atoms with Crippen molar-refractivity contribution in [2.45, 2.75) is 6.92 Å². The minimum atomic E-state index is 0.591. The summed E-state index contributed by atoms with van der Waals surface area (Å²) in [6, 6.07) is 55.2. The Morgan fingerprint density at radius 3 is 1.98 bits per heavy atom. The topological polar surface area (TPSA) is 40.5 Å². The molecule has 0 atom stereocenters. The van der Waals surface area contributed by atoms with Crippen LogP contribution in [0.3, 0.4) is 0 Å². The molecule has 0 bridgehead atoms. The molecule has 4 aromatic heterocycles. The molecular weight excluding hydrogens is 675 g/mol. The van der Waals surface area contributed by atoms with E-state index in [9.17, 15) is 0 Å². The highest BCUT2D eigenvalue weighted by Crippen LogP contribution is 2.45. The van der Waals surface area contributed by atoms with E-state index in [1.807, 2.05) is 30.3 Å². The summed E-state index contributed by atoms with van der Waals surface area (Å²) >= 11 is 0. The van der Waals surface area contributed by atoms with Crippen LogP contribution in [0.5, 0.6) is 0 Å². The van der Waals surface area contributed by atoms with Crippen LogP contribution in [0.25, 0.3) is 115 Å². The molecule has 0 saturated heterocycles. The Morgan fingerprint density at radius 1 is 0.473 bits per heavy atom. The summed E-state index contributed by atoms with van der Waals surface area (Å²) in [5, 5.41) is 8.95. The van der Waals surface area contributed by atoms with E-state index in [0.717, 1.165) is 99.2 Å². The smallest absolute Gasteiger partial charge is 0.211 e. The lowest BCUT2D eigenvalue weighted by molar-refractivity contribution is 0.669. The number of aryl methyl sites for hydroxylation is 1. The lowest BCUT2D eigenvalue weighted by Gasteiger charge is -2.17. The number of fused-ring (bicyclic) bond motifs is 13. The Kier molecular flexibility index (Phi) is 5.99. The quantitative estimate of drug-likeness (QED) is 0.172. The molecule has 12 aromatic rings. The molecule has 0 aliphatic rings. The van der Waals surface area contributed by atoms with E-state index in [0.29, 0.717) is 5.69 Å². The van der Waals surface area contributed by atoms with E-state index in [4.69, 9.17) is 15.4 Å². The number of hydrogen-bond donors (Lipinski definition) is 0. The lowest BCUT2D eigenvalue weighted by atomic mass is 10.0. The first-order valence-electron chi connectivity index (χ1n) is 18.5. The van der Waals surface area contributed by atoms with Gasteiger partial charge in [0.2, 0.25) is 5.69 Å². The van der Waals surface area contributed by atoms with E-state index in [-0.39, 0.29) is 0 Å². The molecule has 0 spiro atoms. The predicted octanol–water partition coefficient (Wildman–Crippen LogP) is 14.2. The van der Waals surface area contributed by atoms with Crippen molar-refractivity contribution in [2.75, 3.05) is 0 Å². The minimum absolute atomic E-state index is 0.591. The largest absolute Gasteiger partial charge is 0.456 e. The van der Waals surface area contributed by atoms with Gasteiger partial charge in [0.25, 0.3) is 0 Å². The minimum Gasteiger partial charge on any atom is -0.456 e. The third-order valence-corrected chi connectivity index (χ3v) is 11.4. The molecule has 55 heavy (non-hydrogen) atoms. The van der Waals surface area contributed by atoms with Gasteiger partial charge >= 0.3 is 0 Å². The van der Waals surface area contributed by atoms with Gasteiger partial charge in [0.1, 0.15) is 22.3 Å². The van der Waals surface area contributed by atoms with Gasteiger partial charge in [0, 0.05) is 43.4 Å². The summed E-state index contributed by atoms with van der Waals surface area (Å²) < 4.78 is 17.4. The Balaban J connectivity index is 1.10. The van der Waals surface area contributed by atoms with Crippen LogP contribution >= 0.6 is 0 Å². The number of nitrogens with zero attached hydrogens (tertiary/aromatic N) is 3. The lowest BCUT2D eigenvalue weighted by Crippen LogP contribution is -1.98. The monoisotopic (exact) mass is 703 g/mol. The van der Waals surface area contributed by atoms with Crippen LogP contribution in [0.15, 0.2) is 167 Å². The maximum absolute atomic E-state index is 8.37. The third kappa shape index (κ3) is 4.11. The molecule has 5 nitrogen and oxygen atoms in total. The number of para-hydroxylation sites is 4. The van der Waals surface area contributed by atoms with Crippen LogP contribution < -0.4 is 0 Å². The van der Waals surface area contributed by atoms with Crippen LogP contribution in [0.2, 0.25) is 0 Å². The van der Waals surface area contributed by atoms with Crippen LogP contribution in [0, 0.1) is 13.5 Å². The molecule has 0 aliphatic heterocycles. The normalized spacial score (nSPS) is 12.1. The molecular formula is C50H29N3O2. The zero-order valence-electron chi connectivity index (χ0n) is 29.7. The van der Waals surface area contributed by atoms with Crippen molar-refractivity contribution in [2.24, 2.45) is 0 Å². The van der Waals surface area contributed by atoms with Crippen LogP contribution in [0.1, 0.15) is 5.56 Å². The van der Waals surface area contributed by atoms with E-state index < -0.39 is 0 Å². The molecule has 0 amide bonds. The maximum atomic E-state index is 8.37. The van der Waals surface area contributed by atoms with Gasteiger partial charge in [0.05, 0.1) is 39.7 Å². The Bertz CT molecular complexity index is 3620. The van der Waals surface area contributed by atoms with Gasteiger partial charge in [-0.25, -0.2) is 4.85 Å². The summed E-state index contributed by atoms with van der Waals surface area (Å²) in [6.07, 6.45) is 0. The SMILES string of the molecule is [C-]#[N+]c1cccc(-c2ccc(-n3c4ccccc4c4ccc5oc6ccc(C)cc6c5c43)cc2)c1-n1c2ccccc2c2cc3oc4ccccc4c3cc21. The standard InChI is InChI=1S/C50H29N3O2/c1-29-18-24-45-39(26-29)48-46(54-45)25-23-36-33-10-3-6-15-41(33)52(50(36)48)31-21-19-30(20-22-31)32-13-9-14-40(51-2)49(32)53-42-16-7-4-11-34(42)37-28-47-38(27-43(37)53)35-12-5-8-17-44(35)55-47/h3-28H,1H3. The summed E-state index contributed by atoms with van der Waals surface area (Å²) in [5.41, 5.74) is 13.5. The highest BCUT2D eigenvalue weighted by molar-refractivity contribution is 6.24. The molecule has 0 saturated carbocycles. The summed E-state index contributed by atoms with van der Waals surface area (Å²) in [4.78, 5) is 4.11. The van der Waals surface area contributed by atoms with Gasteiger partial charge in [-0.3, -0.25) is 0 Å². The first kappa shape index (κ1) is 30.0. The molecule has 8 aromatic carbocycles. The van der Waals surface area contributed by atoms with Gasteiger partial charge in [-0.15, -0.1) is 0 Å². The van der Waals surface area contributed by atoms with Gasteiger partial charge in [0.15, 0.2) is 0 Å². The number of furan rings is 2. The predicted molar refractivity (Wildman–Crippen MR) is 226 cm³/mol. The van der Waals surface area contributed by atoms with Crippen molar-refractivity contribution < 1.29 is 8.83 Å². The third-order valence-electron chi connectivity index (χ3n) is 11.4. The van der Waals surface area contributed by atoms with Crippen molar-refractivity contribution >= 4 is 93.2 Å². The van der Waals surface area contributed by atoms with E-state index in [2.05, 4.69) is 148 Å². The average Bonchev–Trinajstić information content (AvgIpc) is 3.97. The number of aromatic nitrogens is 2.